The third-order valence-electron chi connectivity index (χ3n) is 3.54. The van der Waals surface area contributed by atoms with Gasteiger partial charge >= 0.3 is 0 Å². The first-order chi connectivity index (χ1) is 11.0. The van der Waals surface area contributed by atoms with Crippen molar-refractivity contribution in [3.8, 4) is 0 Å². The summed E-state index contributed by atoms with van der Waals surface area (Å²) < 4.78 is 0. The molecule has 0 bridgehead atoms. The molecule has 1 heterocycles. The number of hydrogen-bond donors (Lipinski definition) is 2. The van der Waals surface area contributed by atoms with E-state index in [4.69, 9.17) is 11.6 Å². The smallest absolute Gasteiger partial charge is 0.245 e. The number of rotatable bonds is 6. The summed E-state index contributed by atoms with van der Waals surface area (Å²) >= 11 is 5.88. The van der Waals surface area contributed by atoms with Crippen LogP contribution in [-0.2, 0) is 9.59 Å². The number of hydrazine groups is 1. The Morgan fingerprint density at radius 2 is 2.04 bits per heavy atom. The molecule has 2 N–H and O–H groups in total. The van der Waals surface area contributed by atoms with Crippen molar-refractivity contribution in [2.45, 2.75) is 26.7 Å². The summed E-state index contributed by atoms with van der Waals surface area (Å²) in [4.78, 5) is 23.9. The maximum Gasteiger partial charge on any atom is 0.245 e. The molecule has 0 fully saturated rings. The van der Waals surface area contributed by atoms with Crippen molar-refractivity contribution in [3.63, 3.8) is 0 Å². The Kier molecular flexibility index (Phi) is 6.04. The lowest BCUT2D eigenvalue weighted by Crippen LogP contribution is -2.49. The first-order valence-corrected chi connectivity index (χ1v) is 8.13. The number of nitrogens with one attached hydrogen (secondary N) is 2. The molecule has 1 aromatic rings. The van der Waals surface area contributed by atoms with Gasteiger partial charge in [-0.25, -0.2) is 5.01 Å². The third kappa shape index (κ3) is 5.28. The van der Waals surface area contributed by atoms with Gasteiger partial charge in [-0.1, -0.05) is 37.6 Å². The second-order valence-electron chi connectivity index (χ2n) is 5.95. The zero-order valence-electron chi connectivity index (χ0n) is 13.4. The van der Waals surface area contributed by atoms with E-state index >= 15 is 0 Å². The van der Waals surface area contributed by atoms with Crippen LogP contribution >= 0.6 is 11.6 Å². The van der Waals surface area contributed by atoms with Gasteiger partial charge in [-0.15, -0.1) is 0 Å². The first-order valence-electron chi connectivity index (χ1n) is 7.75. The number of nitrogens with zero attached hydrogens (tertiary/aromatic N) is 1. The van der Waals surface area contributed by atoms with Crippen LogP contribution in [0.3, 0.4) is 0 Å². The summed E-state index contributed by atoms with van der Waals surface area (Å²) in [6.07, 6.45) is 3.01. The Morgan fingerprint density at radius 1 is 1.35 bits per heavy atom. The average molecular weight is 336 g/mol. The maximum absolute atomic E-state index is 12.0. The summed E-state index contributed by atoms with van der Waals surface area (Å²) in [5.41, 5.74) is 4.74. The number of halogens is 1. The summed E-state index contributed by atoms with van der Waals surface area (Å²) in [6.45, 7) is 4.83. The molecule has 1 aliphatic heterocycles. The van der Waals surface area contributed by atoms with Gasteiger partial charge in [-0.05, 0) is 36.1 Å². The SMILES string of the molecule is CC(C)CCNC(=O)CN1NC(c2ccc(Cl)cc2)=CCC1=O. The van der Waals surface area contributed by atoms with Gasteiger partial charge in [-0.2, -0.15) is 0 Å². The molecule has 2 rings (SSSR count). The van der Waals surface area contributed by atoms with E-state index in [0.717, 1.165) is 17.7 Å². The van der Waals surface area contributed by atoms with Crippen molar-refractivity contribution in [2.75, 3.05) is 13.1 Å². The Labute approximate surface area is 141 Å². The van der Waals surface area contributed by atoms with E-state index in [-0.39, 0.29) is 24.8 Å². The minimum Gasteiger partial charge on any atom is -0.354 e. The van der Waals surface area contributed by atoms with Crippen LogP contribution in [0.4, 0.5) is 0 Å². The fourth-order valence-electron chi connectivity index (χ4n) is 2.19. The van der Waals surface area contributed by atoms with E-state index in [1.807, 2.05) is 18.2 Å². The van der Waals surface area contributed by atoms with E-state index in [0.29, 0.717) is 17.5 Å². The second-order valence-corrected chi connectivity index (χ2v) is 6.39. The lowest BCUT2D eigenvalue weighted by Gasteiger charge is -2.29. The Bertz CT molecular complexity index is 596. The molecule has 124 valence electrons. The number of benzene rings is 1. The highest BCUT2D eigenvalue weighted by molar-refractivity contribution is 6.30. The Morgan fingerprint density at radius 3 is 2.70 bits per heavy atom. The van der Waals surface area contributed by atoms with Crippen LogP contribution in [0, 0.1) is 5.92 Å². The zero-order valence-corrected chi connectivity index (χ0v) is 14.2. The van der Waals surface area contributed by atoms with Gasteiger partial charge in [0.1, 0.15) is 6.54 Å². The molecule has 0 saturated carbocycles. The van der Waals surface area contributed by atoms with Crippen molar-refractivity contribution < 1.29 is 9.59 Å². The van der Waals surface area contributed by atoms with Crippen LogP contribution in [0.1, 0.15) is 32.3 Å². The molecule has 0 radical (unpaired) electrons. The monoisotopic (exact) mass is 335 g/mol. The van der Waals surface area contributed by atoms with Crippen molar-refractivity contribution >= 4 is 29.1 Å². The topological polar surface area (TPSA) is 61.4 Å². The van der Waals surface area contributed by atoms with E-state index in [1.54, 1.807) is 12.1 Å². The molecule has 0 atom stereocenters. The average Bonchev–Trinajstić information content (AvgIpc) is 2.50. The first kappa shape index (κ1) is 17.3. The van der Waals surface area contributed by atoms with Crippen molar-refractivity contribution in [3.05, 3.63) is 40.9 Å². The molecule has 0 saturated heterocycles. The van der Waals surface area contributed by atoms with Gasteiger partial charge in [0.25, 0.3) is 0 Å². The van der Waals surface area contributed by atoms with Crippen LogP contribution in [0.2, 0.25) is 5.02 Å². The maximum atomic E-state index is 12.0. The summed E-state index contributed by atoms with van der Waals surface area (Å²) in [5, 5.41) is 4.85. The number of carbonyl (C=O) groups excluding carboxylic acids is 2. The summed E-state index contributed by atoms with van der Waals surface area (Å²) in [5.74, 6) is 0.245. The molecule has 1 aliphatic rings. The molecule has 23 heavy (non-hydrogen) atoms. The molecule has 0 aromatic heterocycles. The Hall–Kier alpha value is -2.01. The highest BCUT2D eigenvalue weighted by Crippen LogP contribution is 2.19. The predicted molar refractivity (Wildman–Crippen MR) is 91.4 cm³/mol. The van der Waals surface area contributed by atoms with Gasteiger partial charge in [0, 0.05) is 18.0 Å². The van der Waals surface area contributed by atoms with Crippen LogP contribution in [-0.4, -0.2) is 29.9 Å². The lowest BCUT2D eigenvalue weighted by atomic mass is 10.1. The van der Waals surface area contributed by atoms with Crippen LogP contribution in [0.15, 0.2) is 30.3 Å². The molecule has 5 nitrogen and oxygen atoms in total. The van der Waals surface area contributed by atoms with Crippen molar-refractivity contribution in [1.29, 1.82) is 0 Å². The van der Waals surface area contributed by atoms with Gasteiger partial charge in [0.05, 0.1) is 5.70 Å². The second kappa shape index (κ2) is 8.02. The molecule has 2 amide bonds. The fraction of sp³-hybridized carbons (Fsp3) is 0.412. The van der Waals surface area contributed by atoms with E-state index in [2.05, 4.69) is 24.6 Å². The largest absolute Gasteiger partial charge is 0.354 e. The summed E-state index contributed by atoms with van der Waals surface area (Å²) in [6, 6.07) is 7.33. The van der Waals surface area contributed by atoms with Gasteiger partial charge in [-0.3, -0.25) is 15.0 Å². The molecular weight excluding hydrogens is 314 g/mol. The van der Waals surface area contributed by atoms with E-state index < -0.39 is 0 Å². The van der Waals surface area contributed by atoms with Crippen molar-refractivity contribution in [2.24, 2.45) is 5.92 Å². The molecule has 1 aromatic carbocycles. The minimum atomic E-state index is -0.163. The predicted octanol–water partition coefficient (Wildman–Crippen LogP) is 2.58. The normalized spacial score (nSPS) is 14.5. The highest BCUT2D eigenvalue weighted by atomic mass is 35.5. The van der Waals surface area contributed by atoms with Crippen LogP contribution < -0.4 is 10.7 Å². The number of hydrogen-bond acceptors (Lipinski definition) is 3. The van der Waals surface area contributed by atoms with Crippen molar-refractivity contribution in [1.82, 2.24) is 15.8 Å². The molecular formula is C17H22ClN3O2. The minimum absolute atomic E-state index is 0.00184. The Balaban J connectivity index is 1.93. The van der Waals surface area contributed by atoms with E-state index in [1.165, 1.54) is 5.01 Å². The van der Waals surface area contributed by atoms with Gasteiger partial charge in [0.15, 0.2) is 0 Å². The highest BCUT2D eigenvalue weighted by Gasteiger charge is 2.21. The quantitative estimate of drug-likeness (QED) is 0.840. The third-order valence-corrected chi connectivity index (χ3v) is 3.79. The van der Waals surface area contributed by atoms with Crippen LogP contribution in [0.25, 0.3) is 5.70 Å². The number of carbonyl (C=O) groups is 2. The van der Waals surface area contributed by atoms with Gasteiger partial charge in [0.2, 0.25) is 11.8 Å². The molecule has 0 spiro atoms. The van der Waals surface area contributed by atoms with Gasteiger partial charge < -0.3 is 5.32 Å². The molecule has 0 aliphatic carbocycles. The standard InChI is InChI=1S/C17H22ClN3O2/c1-12(2)9-10-19-16(22)11-21-17(23)8-7-15(20-21)13-3-5-14(18)6-4-13/h3-7,12,20H,8-11H2,1-2H3,(H,19,22). The lowest BCUT2D eigenvalue weighted by molar-refractivity contribution is -0.137. The number of amides is 2. The van der Waals surface area contributed by atoms with E-state index in [9.17, 15) is 9.59 Å². The summed E-state index contributed by atoms with van der Waals surface area (Å²) in [7, 11) is 0. The molecule has 6 heteroatoms. The van der Waals surface area contributed by atoms with Crippen LogP contribution in [0.5, 0.6) is 0 Å². The fourth-order valence-corrected chi connectivity index (χ4v) is 2.32. The zero-order chi connectivity index (χ0) is 16.8. The molecule has 0 unspecified atom stereocenters.